The van der Waals surface area contributed by atoms with Crippen molar-refractivity contribution in [2.24, 2.45) is 7.05 Å². The van der Waals surface area contributed by atoms with Crippen molar-refractivity contribution in [1.29, 1.82) is 0 Å². The SMILES string of the molecule is CC.Cc1cn(Sc2ccccc2)c2nn(C)c(C3CC3)c12.O.O. The molecule has 4 N–H and O–H groups in total. The largest absolute Gasteiger partial charge is 0.412 e. The van der Waals surface area contributed by atoms with Gasteiger partial charge in [-0.2, -0.15) is 5.10 Å². The van der Waals surface area contributed by atoms with Gasteiger partial charge in [0, 0.05) is 29.4 Å². The van der Waals surface area contributed by atoms with Gasteiger partial charge in [-0.05, 0) is 49.4 Å². The van der Waals surface area contributed by atoms with Gasteiger partial charge in [0.1, 0.15) is 0 Å². The monoisotopic (exact) mass is 349 g/mol. The summed E-state index contributed by atoms with van der Waals surface area (Å²) in [6.07, 6.45) is 4.83. The molecule has 0 spiro atoms. The summed E-state index contributed by atoms with van der Waals surface area (Å²) in [6, 6.07) is 10.5. The third kappa shape index (κ3) is 3.66. The van der Waals surface area contributed by atoms with E-state index in [0.717, 1.165) is 11.6 Å². The molecule has 0 radical (unpaired) electrons. The van der Waals surface area contributed by atoms with Crippen LogP contribution in [0, 0.1) is 6.92 Å². The average molecular weight is 350 g/mol. The molecule has 0 aliphatic heterocycles. The Morgan fingerprint density at radius 1 is 1.08 bits per heavy atom. The lowest BCUT2D eigenvalue weighted by molar-refractivity contribution is 0.719. The predicted octanol–water partition coefficient (Wildman–Crippen LogP) is 3.49. The van der Waals surface area contributed by atoms with Gasteiger partial charge in [-0.15, -0.1) is 0 Å². The molecule has 2 aromatic heterocycles. The lowest BCUT2D eigenvalue weighted by atomic mass is 10.1. The Morgan fingerprint density at radius 3 is 2.29 bits per heavy atom. The molecule has 1 aliphatic rings. The van der Waals surface area contributed by atoms with Crippen LogP contribution in [0.4, 0.5) is 0 Å². The van der Waals surface area contributed by atoms with Crippen molar-refractivity contribution in [3.63, 3.8) is 0 Å². The average Bonchev–Trinajstić information content (AvgIpc) is 3.25. The number of benzene rings is 1. The Hall–Kier alpha value is -1.76. The first-order chi connectivity index (χ1) is 10.7. The van der Waals surface area contributed by atoms with E-state index in [1.54, 1.807) is 11.9 Å². The molecule has 1 fully saturated rings. The minimum Gasteiger partial charge on any atom is -0.412 e. The quantitative estimate of drug-likeness (QED) is 0.724. The smallest absolute Gasteiger partial charge is 0.172 e. The summed E-state index contributed by atoms with van der Waals surface area (Å²) >= 11 is 1.73. The second-order valence-corrected chi connectivity index (χ2v) is 6.57. The van der Waals surface area contributed by atoms with Crippen LogP contribution in [-0.2, 0) is 7.05 Å². The van der Waals surface area contributed by atoms with Gasteiger partial charge in [-0.25, -0.2) is 0 Å². The zero-order valence-electron chi connectivity index (χ0n) is 14.7. The summed E-state index contributed by atoms with van der Waals surface area (Å²) in [6.45, 7) is 6.19. The second-order valence-electron chi connectivity index (χ2n) is 5.52. The van der Waals surface area contributed by atoms with Crippen LogP contribution >= 0.6 is 11.9 Å². The molecular formula is C18H27N3O2S. The molecule has 0 bridgehead atoms. The number of nitrogens with zero attached hydrogens (tertiary/aromatic N) is 3. The third-order valence-corrected chi connectivity index (χ3v) is 4.86. The summed E-state index contributed by atoms with van der Waals surface area (Å²) in [5.74, 6) is 0.723. The second kappa shape index (κ2) is 8.37. The van der Waals surface area contributed by atoms with Gasteiger partial charge in [0.05, 0.1) is 5.69 Å². The Kier molecular flexibility index (Phi) is 7.08. The van der Waals surface area contributed by atoms with E-state index in [-0.39, 0.29) is 11.0 Å². The van der Waals surface area contributed by atoms with Crippen LogP contribution in [0.25, 0.3) is 11.0 Å². The number of hydrogen-bond donors (Lipinski definition) is 0. The summed E-state index contributed by atoms with van der Waals surface area (Å²) < 4.78 is 4.28. The molecule has 0 amide bonds. The standard InChI is InChI=1S/C16H17N3S.C2H6.2H2O/c1-11-10-19(20-13-6-4-3-5-7-13)16-14(11)15(12-8-9-12)18(2)17-16;1-2;;/h3-7,10,12H,8-9H2,1-2H3;1-2H3;2*1H2. The summed E-state index contributed by atoms with van der Waals surface area (Å²) in [5.41, 5.74) is 3.85. The van der Waals surface area contributed by atoms with Crippen LogP contribution in [0.1, 0.15) is 43.9 Å². The molecule has 4 rings (SSSR count). The highest BCUT2D eigenvalue weighted by Crippen LogP contribution is 2.44. The van der Waals surface area contributed by atoms with E-state index in [1.807, 2.05) is 19.9 Å². The van der Waals surface area contributed by atoms with Crippen LogP contribution in [-0.4, -0.2) is 24.7 Å². The molecule has 1 saturated carbocycles. The Balaban J connectivity index is 0.000000695. The molecular weight excluding hydrogens is 322 g/mol. The molecule has 24 heavy (non-hydrogen) atoms. The van der Waals surface area contributed by atoms with Crippen molar-refractivity contribution in [3.05, 3.63) is 47.8 Å². The van der Waals surface area contributed by atoms with Crippen molar-refractivity contribution in [3.8, 4) is 0 Å². The summed E-state index contributed by atoms with van der Waals surface area (Å²) in [5, 5.41) is 6.11. The molecule has 0 saturated heterocycles. The van der Waals surface area contributed by atoms with Gasteiger partial charge < -0.3 is 11.0 Å². The number of aryl methyl sites for hydroxylation is 2. The lowest BCUT2D eigenvalue weighted by Gasteiger charge is -2.02. The van der Waals surface area contributed by atoms with E-state index < -0.39 is 0 Å². The van der Waals surface area contributed by atoms with Gasteiger partial charge in [0.2, 0.25) is 0 Å². The van der Waals surface area contributed by atoms with Crippen molar-refractivity contribution in [2.75, 3.05) is 0 Å². The first-order valence-electron chi connectivity index (χ1n) is 8.02. The first kappa shape index (κ1) is 20.3. The maximum atomic E-state index is 4.75. The molecule has 1 aromatic carbocycles. The zero-order valence-corrected chi connectivity index (χ0v) is 15.5. The fourth-order valence-corrected chi connectivity index (χ4v) is 3.78. The third-order valence-electron chi connectivity index (χ3n) is 3.90. The van der Waals surface area contributed by atoms with Gasteiger partial charge in [-0.3, -0.25) is 8.65 Å². The lowest BCUT2D eigenvalue weighted by Crippen LogP contribution is -1.97. The fraction of sp³-hybridized carbons (Fsp3) is 0.389. The van der Waals surface area contributed by atoms with E-state index in [9.17, 15) is 0 Å². The summed E-state index contributed by atoms with van der Waals surface area (Å²) in [7, 11) is 2.07. The maximum Gasteiger partial charge on any atom is 0.172 e. The molecule has 1 aliphatic carbocycles. The van der Waals surface area contributed by atoms with Crippen LogP contribution in [0.3, 0.4) is 0 Å². The zero-order chi connectivity index (χ0) is 15.7. The van der Waals surface area contributed by atoms with E-state index in [4.69, 9.17) is 5.10 Å². The highest BCUT2D eigenvalue weighted by Gasteiger charge is 2.31. The van der Waals surface area contributed by atoms with E-state index in [0.29, 0.717) is 0 Å². The fourth-order valence-electron chi connectivity index (χ4n) is 2.85. The minimum atomic E-state index is 0. The Labute approximate surface area is 147 Å². The Bertz CT molecular complexity index is 777. The first-order valence-corrected chi connectivity index (χ1v) is 8.79. The molecule has 5 nitrogen and oxygen atoms in total. The van der Waals surface area contributed by atoms with Gasteiger partial charge in [-0.1, -0.05) is 32.0 Å². The van der Waals surface area contributed by atoms with Gasteiger partial charge in [0.25, 0.3) is 0 Å². The molecule has 132 valence electrons. The van der Waals surface area contributed by atoms with Crippen molar-refractivity contribution in [2.45, 2.75) is 44.4 Å². The summed E-state index contributed by atoms with van der Waals surface area (Å²) in [4.78, 5) is 1.24. The van der Waals surface area contributed by atoms with Crippen LogP contribution in [0.15, 0.2) is 41.4 Å². The number of aromatic nitrogens is 3. The van der Waals surface area contributed by atoms with Gasteiger partial charge in [0.15, 0.2) is 5.65 Å². The number of rotatable bonds is 3. The highest BCUT2D eigenvalue weighted by atomic mass is 32.2. The number of hydrogen-bond acceptors (Lipinski definition) is 2. The van der Waals surface area contributed by atoms with Crippen molar-refractivity contribution in [1.82, 2.24) is 13.8 Å². The van der Waals surface area contributed by atoms with Crippen LogP contribution in [0.2, 0.25) is 0 Å². The van der Waals surface area contributed by atoms with Crippen LogP contribution < -0.4 is 0 Å². The molecule has 3 aromatic rings. The topological polar surface area (TPSA) is 85.8 Å². The highest BCUT2D eigenvalue weighted by molar-refractivity contribution is 7.98. The molecule has 0 unspecified atom stereocenters. The van der Waals surface area contributed by atoms with E-state index in [1.165, 1.54) is 34.4 Å². The van der Waals surface area contributed by atoms with Crippen molar-refractivity contribution < 1.29 is 11.0 Å². The maximum absolute atomic E-state index is 4.75. The van der Waals surface area contributed by atoms with Crippen LogP contribution in [0.5, 0.6) is 0 Å². The molecule has 2 heterocycles. The predicted molar refractivity (Wildman–Crippen MR) is 102 cm³/mol. The Morgan fingerprint density at radius 2 is 1.71 bits per heavy atom. The molecule has 0 atom stereocenters. The van der Waals surface area contributed by atoms with E-state index >= 15 is 0 Å². The number of fused-ring (bicyclic) bond motifs is 1. The van der Waals surface area contributed by atoms with Crippen molar-refractivity contribution >= 4 is 23.0 Å². The normalized spacial score (nSPS) is 12.8. The minimum absolute atomic E-state index is 0. The van der Waals surface area contributed by atoms with Gasteiger partial charge >= 0.3 is 0 Å². The molecule has 6 heteroatoms. The van der Waals surface area contributed by atoms with E-state index in [2.05, 4.69) is 53.1 Å².